The van der Waals surface area contributed by atoms with Gasteiger partial charge < -0.3 is 10.0 Å². The van der Waals surface area contributed by atoms with Crippen molar-refractivity contribution >= 4 is 11.9 Å². The summed E-state index contributed by atoms with van der Waals surface area (Å²) in [5.41, 5.74) is 0.0838. The molecule has 1 heterocycles. The fourth-order valence-corrected chi connectivity index (χ4v) is 1.91. The van der Waals surface area contributed by atoms with E-state index in [1.54, 1.807) is 4.90 Å². The Kier molecular flexibility index (Phi) is 3.88. The molecule has 0 aromatic carbocycles. The summed E-state index contributed by atoms with van der Waals surface area (Å²) in [7, 11) is 0. The van der Waals surface area contributed by atoms with E-state index in [0.29, 0.717) is 18.9 Å². The Balaban J connectivity index is 2.47. The monoisotopic (exact) mass is 211 g/mol. The maximum Gasteiger partial charge on any atom is 0.332 e. The smallest absolute Gasteiger partial charge is 0.332 e. The lowest BCUT2D eigenvalue weighted by atomic mass is 10.0. The summed E-state index contributed by atoms with van der Waals surface area (Å²) in [5, 5.41) is 8.66. The fourth-order valence-electron chi connectivity index (χ4n) is 1.91. The molecule has 1 rings (SSSR count). The molecular weight excluding hydrogens is 194 g/mol. The van der Waals surface area contributed by atoms with Gasteiger partial charge in [0.1, 0.15) is 0 Å². The van der Waals surface area contributed by atoms with Gasteiger partial charge in [0, 0.05) is 18.5 Å². The molecule has 0 aromatic heterocycles. The molecule has 0 aromatic rings. The molecule has 4 heteroatoms. The Morgan fingerprint density at radius 2 is 2.33 bits per heavy atom. The first kappa shape index (κ1) is 11.8. The van der Waals surface area contributed by atoms with E-state index < -0.39 is 5.97 Å². The molecule has 0 saturated carbocycles. The highest BCUT2D eigenvalue weighted by Gasteiger charge is 2.29. The standard InChI is InChI=1S/C11H17NO3/c1-3-4-9-5-10(13)12(7-9)6-8(2)11(14)15/h9H,2-7H2,1H3,(H,14,15). The predicted octanol–water partition coefficient (Wildman–Crippen LogP) is 1.28. The predicted molar refractivity (Wildman–Crippen MR) is 56.4 cm³/mol. The summed E-state index contributed by atoms with van der Waals surface area (Å²) < 4.78 is 0. The number of carboxylic acids is 1. The molecular formula is C11H17NO3. The topological polar surface area (TPSA) is 57.6 Å². The summed E-state index contributed by atoms with van der Waals surface area (Å²) >= 11 is 0. The second-order valence-corrected chi connectivity index (χ2v) is 4.04. The molecule has 1 aliphatic rings. The minimum atomic E-state index is -1.03. The summed E-state index contributed by atoms with van der Waals surface area (Å²) in [5.74, 6) is -0.582. The number of nitrogens with zero attached hydrogens (tertiary/aromatic N) is 1. The SMILES string of the molecule is C=C(CN1CC(CCC)CC1=O)C(=O)O. The third kappa shape index (κ3) is 3.08. The minimum absolute atomic E-state index is 0.0517. The molecule has 15 heavy (non-hydrogen) atoms. The number of amides is 1. The molecule has 4 nitrogen and oxygen atoms in total. The van der Waals surface area contributed by atoms with E-state index in [1.807, 2.05) is 0 Å². The summed E-state index contributed by atoms with van der Waals surface area (Å²) in [4.78, 5) is 23.7. The third-order valence-electron chi connectivity index (χ3n) is 2.68. The number of aliphatic carboxylic acids is 1. The van der Waals surface area contributed by atoms with Crippen molar-refractivity contribution in [3.8, 4) is 0 Å². The number of hydrogen-bond donors (Lipinski definition) is 1. The van der Waals surface area contributed by atoms with E-state index in [4.69, 9.17) is 5.11 Å². The van der Waals surface area contributed by atoms with Crippen molar-refractivity contribution < 1.29 is 14.7 Å². The Morgan fingerprint density at radius 1 is 1.67 bits per heavy atom. The average molecular weight is 211 g/mol. The van der Waals surface area contributed by atoms with Crippen LogP contribution in [0.4, 0.5) is 0 Å². The highest BCUT2D eigenvalue weighted by Crippen LogP contribution is 2.22. The van der Waals surface area contributed by atoms with Crippen LogP contribution in [0.25, 0.3) is 0 Å². The molecule has 84 valence electrons. The quantitative estimate of drug-likeness (QED) is 0.697. The van der Waals surface area contributed by atoms with Crippen LogP contribution in [-0.2, 0) is 9.59 Å². The zero-order valence-electron chi connectivity index (χ0n) is 9.03. The fraction of sp³-hybridized carbons (Fsp3) is 0.636. The highest BCUT2D eigenvalue weighted by molar-refractivity contribution is 5.88. The van der Waals surface area contributed by atoms with Crippen LogP contribution in [0.3, 0.4) is 0 Å². The van der Waals surface area contributed by atoms with Crippen molar-refractivity contribution in [2.24, 2.45) is 5.92 Å². The molecule has 0 radical (unpaired) electrons. The lowest BCUT2D eigenvalue weighted by molar-refractivity contribution is -0.133. The van der Waals surface area contributed by atoms with Gasteiger partial charge in [0.05, 0.1) is 6.54 Å². The van der Waals surface area contributed by atoms with Crippen molar-refractivity contribution in [1.29, 1.82) is 0 Å². The van der Waals surface area contributed by atoms with Gasteiger partial charge in [-0.05, 0) is 12.3 Å². The third-order valence-corrected chi connectivity index (χ3v) is 2.68. The number of likely N-dealkylation sites (tertiary alicyclic amines) is 1. The van der Waals surface area contributed by atoms with Gasteiger partial charge in [-0.3, -0.25) is 4.79 Å². The van der Waals surface area contributed by atoms with E-state index in [2.05, 4.69) is 13.5 Å². The molecule has 1 fully saturated rings. The van der Waals surface area contributed by atoms with E-state index in [1.165, 1.54) is 0 Å². The largest absolute Gasteiger partial charge is 0.478 e. The molecule has 1 atom stereocenters. The van der Waals surface area contributed by atoms with Crippen molar-refractivity contribution in [3.63, 3.8) is 0 Å². The van der Waals surface area contributed by atoms with Crippen LogP contribution in [0, 0.1) is 5.92 Å². The van der Waals surface area contributed by atoms with Crippen LogP contribution in [0.1, 0.15) is 26.2 Å². The first-order chi connectivity index (χ1) is 7.04. The Hall–Kier alpha value is -1.32. The van der Waals surface area contributed by atoms with Crippen LogP contribution in [0.5, 0.6) is 0 Å². The molecule has 1 N–H and O–H groups in total. The highest BCUT2D eigenvalue weighted by atomic mass is 16.4. The van der Waals surface area contributed by atoms with Crippen LogP contribution in [0.15, 0.2) is 12.2 Å². The molecule has 0 bridgehead atoms. The average Bonchev–Trinajstić information content (AvgIpc) is 2.47. The molecule has 1 aliphatic heterocycles. The van der Waals surface area contributed by atoms with Crippen LogP contribution < -0.4 is 0 Å². The number of rotatable bonds is 5. The van der Waals surface area contributed by atoms with Crippen LogP contribution in [-0.4, -0.2) is 35.0 Å². The van der Waals surface area contributed by atoms with Gasteiger partial charge in [-0.15, -0.1) is 0 Å². The Morgan fingerprint density at radius 3 is 2.87 bits per heavy atom. The second kappa shape index (κ2) is 4.96. The van der Waals surface area contributed by atoms with Gasteiger partial charge in [0.15, 0.2) is 0 Å². The zero-order valence-corrected chi connectivity index (χ0v) is 9.03. The maximum absolute atomic E-state index is 11.5. The number of hydrogen-bond acceptors (Lipinski definition) is 2. The Labute approximate surface area is 89.6 Å². The summed E-state index contributed by atoms with van der Waals surface area (Å²) in [6, 6.07) is 0. The maximum atomic E-state index is 11.5. The van der Waals surface area contributed by atoms with Gasteiger partial charge in [-0.1, -0.05) is 19.9 Å². The van der Waals surface area contributed by atoms with E-state index in [0.717, 1.165) is 12.8 Å². The lowest BCUT2D eigenvalue weighted by Crippen LogP contribution is -2.29. The van der Waals surface area contributed by atoms with Crippen LogP contribution >= 0.6 is 0 Å². The molecule has 1 unspecified atom stereocenters. The van der Waals surface area contributed by atoms with Gasteiger partial charge in [-0.2, -0.15) is 0 Å². The normalized spacial score (nSPS) is 20.7. The van der Waals surface area contributed by atoms with Gasteiger partial charge in [0.2, 0.25) is 5.91 Å². The molecule has 1 amide bonds. The van der Waals surface area contributed by atoms with Crippen molar-refractivity contribution in [3.05, 3.63) is 12.2 Å². The zero-order chi connectivity index (χ0) is 11.4. The van der Waals surface area contributed by atoms with E-state index in [9.17, 15) is 9.59 Å². The Bertz CT molecular complexity index is 286. The van der Waals surface area contributed by atoms with E-state index >= 15 is 0 Å². The second-order valence-electron chi connectivity index (χ2n) is 4.04. The van der Waals surface area contributed by atoms with Crippen LogP contribution in [0.2, 0.25) is 0 Å². The number of carbonyl (C=O) groups is 2. The first-order valence-corrected chi connectivity index (χ1v) is 5.23. The van der Waals surface area contributed by atoms with Gasteiger partial charge in [0.25, 0.3) is 0 Å². The minimum Gasteiger partial charge on any atom is -0.478 e. The number of carbonyl (C=O) groups excluding carboxylic acids is 1. The van der Waals surface area contributed by atoms with Crippen molar-refractivity contribution in [2.45, 2.75) is 26.2 Å². The van der Waals surface area contributed by atoms with Crippen molar-refractivity contribution in [1.82, 2.24) is 4.90 Å². The number of carboxylic acid groups (broad SMARTS) is 1. The van der Waals surface area contributed by atoms with Crippen molar-refractivity contribution in [2.75, 3.05) is 13.1 Å². The first-order valence-electron chi connectivity index (χ1n) is 5.23. The summed E-state index contributed by atoms with van der Waals surface area (Å²) in [6.07, 6.45) is 2.65. The molecule has 0 spiro atoms. The van der Waals surface area contributed by atoms with Gasteiger partial charge >= 0.3 is 5.97 Å². The summed E-state index contributed by atoms with van der Waals surface area (Å²) in [6.45, 7) is 6.36. The van der Waals surface area contributed by atoms with E-state index in [-0.39, 0.29) is 18.0 Å². The molecule has 0 aliphatic carbocycles. The van der Waals surface area contributed by atoms with Gasteiger partial charge in [-0.25, -0.2) is 4.79 Å². The lowest BCUT2D eigenvalue weighted by Gasteiger charge is -2.16. The molecule has 1 saturated heterocycles.